The summed E-state index contributed by atoms with van der Waals surface area (Å²) in [5, 5.41) is 4.95. The van der Waals surface area contributed by atoms with Crippen molar-refractivity contribution in [1.82, 2.24) is 29.0 Å². The Balaban J connectivity index is 1.31. The number of thiazole rings is 1. The molecular formula is C26H26FN7OS. The van der Waals surface area contributed by atoms with Crippen LogP contribution in [0.5, 0.6) is 0 Å². The minimum atomic E-state index is -0.309. The zero-order chi connectivity index (χ0) is 24.6. The highest BCUT2D eigenvalue weighted by Crippen LogP contribution is 2.38. The monoisotopic (exact) mass is 503 g/mol. The first-order chi connectivity index (χ1) is 17.5. The van der Waals surface area contributed by atoms with Crippen molar-refractivity contribution in [2.75, 3.05) is 5.32 Å². The molecule has 1 N–H and O–H groups in total. The van der Waals surface area contributed by atoms with Crippen LogP contribution in [0.25, 0.3) is 32.3 Å². The molecule has 0 atom stereocenters. The number of benzene rings is 1. The van der Waals surface area contributed by atoms with Crippen LogP contribution in [-0.4, -0.2) is 47.0 Å². The second-order valence-corrected chi connectivity index (χ2v) is 10.9. The van der Waals surface area contributed by atoms with Gasteiger partial charge in [-0.3, -0.25) is 4.79 Å². The van der Waals surface area contributed by atoms with E-state index >= 15 is 0 Å². The number of nitrogens with one attached hydrogen (secondary N) is 1. The van der Waals surface area contributed by atoms with Crippen molar-refractivity contribution in [2.24, 2.45) is 7.05 Å². The van der Waals surface area contributed by atoms with Gasteiger partial charge in [0.25, 0.3) is 0 Å². The lowest BCUT2D eigenvalue weighted by molar-refractivity contribution is -0.131. The van der Waals surface area contributed by atoms with Gasteiger partial charge in [0.05, 0.1) is 28.5 Å². The third kappa shape index (κ3) is 3.54. The fraction of sp³-hybridized carbons (Fsp3) is 0.385. The Morgan fingerprint density at radius 1 is 1.19 bits per heavy atom. The lowest BCUT2D eigenvalue weighted by Crippen LogP contribution is -2.36. The molecule has 0 radical (unpaired) electrons. The quantitative estimate of drug-likeness (QED) is 0.333. The molecule has 0 unspecified atom stereocenters. The summed E-state index contributed by atoms with van der Waals surface area (Å²) in [6.45, 7) is 2.78. The zero-order valence-corrected chi connectivity index (χ0v) is 21.0. The predicted molar refractivity (Wildman–Crippen MR) is 139 cm³/mol. The van der Waals surface area contributed by atoms with Crippen LogP contribution in [0.3, 0.4) is 0 Å². The average molecular weight is 504 g/mol. The molecule has 8 nitrogen and oxygen atoms in total. The van der Waals surface area contributed by atoms with Crippen LogP contribution >= 0.6 is 11.3 Å². The van der Waals surface area contributed by atoms with Gasteiger partial charge in [0.1, 0.15) is 17.0 Å². The Morgan fingerprint density at radius 2 is 1.97 bits per heavy atom. The number of carbonyl (C=O) groups is 1. The summed E-state index contributed by atoms with van der Waals surface area (Å²) in [4.78, 5) is 29.6. The van der Waals surface area contributed by atoms with E-state index in [4.69, 9.17) is 4.98 Å². The molecule has 5 aromatic rings. The van der Waals surface area contributed by atoms with Gasteiger partial charge in [-0.1, -0.05) is 11.3 Å². The van der Waals surface area contributed by atoms with E-state index in [0.717, 1.165) is 58.1 Å². The molecule has 1 aromatic carbocycles. The lowest BCUT2D eigenvalue weighted by atomic mass is 10.2. The molecular weight excluding hydrogens is 477 g/mol. The van der Waals surface area contributed by atoms with Crippen LogP contribution in [0.15, 0.2) is 30.6 Å². The van der Waals surface area contributed by atoms with Crippen LogP contribution in [-0.2, 0) is 24.8 Å². The number of aromatic nitrogens is 5. The fourth-order valence-electron chi connectivity index (χ4n) is 5.26. The Labute approximate surface area is 210 Å². The maximum Gasteiger partial charge on any atom is 0.229 e. The number of anilines is 2. The van der Waals surface area contributed by atoms with Gasteiger partial charge in [0.2, 0.25) is 5.91 Å². The Hall–Kier alpha value is -3.53. The predicted octanol–water partition coefficient (Wildman–Crippen LogP) is 5.13. The summed E-state index contributed by atoms with van der Waals surface area (Å²) in [7, 11) is 1.97. The molecule has 4 heterocycles. The van der Waals surface area contributed by atoms with Gasteiger partial charge in [0, 0.05) is 42.8 Å². The number of nitrogens with zero attached hydrogens (tertiary/aromatic N) is 6. The molecule has 0 saturated heterocycles. The number of rotatable bonds is 7. The van der Waals surface area contributed by atoms with Crippen molar-refractivity contribution in [3.63, 3.8) is 0 Å². The molecule has 0 aliphatic heterocycles. The highest BCUT2D eigenvalue weighted by Gasteiger charge is 2.42. The second kappa shape index (κ2) is 7.99. The Morgan fingerprint density at radius 3 is 2.69 bits per heavy atom. The van der Waals surface area contributed by atoms with Crippen molar-refractivity contribution in [3.8, 4) is 0 Å². The van der Waals surface area contributed by atoms with Gasteiger partial charge in [-0.05, 0) is 50.8 Å². The van der Waals surface area contributed by atoms with E-state index in [1.54, 1.807) is 12.4 Å². The standard InChI is InChI=1S/C26H26FN7OS/c1-3-33-17(12-21(35)34(15-5-6-15)16-7-8-16)11-18-23-22(28-13-32(23)2)24(30-25(18)33)31-26-29-19-10-14(27)4-9-20(19)36-26/h4,9-11,13,15-16H,3,5-8,12H2,1-2H3,(H,29,30,31). The lowest BCUT2D eigenvalue weighted by Gasteiger charge is -2.22. The summed E-state index contributed by atoms with van der Waals surface area (Å²) in [6, 6.07) is 7.58. The van der Waals surface area contributed by atoms with E-state index < -0.39 is 0 Å². The molecule has 7 rings (SSSR count). The summed E-state index contributed by atoms with van der Waals surface area (Å²) in [5.74, 6) is 0.510. The fourth-order valence-corrected chi connectivity index (χ4v) is 6.11. The van der Waals surface area contributed by atoms with Crippen molar-refractivity contribution >= 4 is 60.5 Å². The smallest absolute Gasteiger partial charge is 0.229 e. The molecule has 4 aromatic heterocycles. The first-order valence-electron chi connectivity index (χ1n) is 12.5. The molecule has 2 saturated carbocycles. The molecule has 1 amide bonds. The summed E-state index contributed by atoms with van der Waals surface area (Å²) < 4.78 is 18.7. The minimum absolute atomic E-state index is 0.221. The third-order valence-electron chi connectivity index (χ3n) is 7.18. The SMILES string of the molecule is CCn1c(CC(=O)N(C2CC2)C2CC2)cc2c3c(ncn3C)c(Nc3nc4cc(F)ccc4s3)nc21. The van der Waals surface area contributed by atoms with Crippen molar-refractivity contribution in [2.45, 2.75) is 57.7 Å². The normalized spacial score (nSPS) is 15.9. The third-order valence-corrected chi connectivity index (χ3v) is 8.13. The molecule has 36 heavy (non-hydrogen) atoms. The largest absolute Gasteiger partial charge is 0.336 e. The molecule has 0 bridgehead atoms. The number of carbonyl (C=O) groups excluding carboxylic acids is 1. The van der Waals surface area contributed by atoms with Crippen LogP contribution in [0.4, 0.5) is 15.3 Å². The summed E-state index contributed by atoms with van der Waals surface area (Å²) in [5.41, 5.74) is 4.09. The van der Waals surface area contributed by atoms with E-state index in [0.29, 0.717) is 41.5 Å². The topological polar surface area (TPSA) is 80.9 Å². The van der Waals surface area contributed by atoms with Gasteiger partial charge in [-0.15, -0.1) is 0 Å². The maximum absolute atomic E-state index is 13.7. The number of hydrogen-bond donors (Lipinski definition) is 1. The number of halogens is 1. The van der Waals surface area contributed by atoms with Crippen molar-refractivity contribution < 1.29 is 9.18 Å². The number of imidazole rings is 1. The molecule has 2 aliphatic rings. The van der Waals surface area contributed by atoms with E-state index in [9.17, 15) is 9.18 Å². The van der Waals surface area contributed by atoms with E-state index in [1.165, 1.54) is 23.5 Å². The van der Waals surface area contributed by atoms with Gasteiger partial charge >= 0.3 is 0 Å². The number of hydrogen-bond acceptors (Lipinski definition) is 6. The minimum Gasteiger partial charge on any atom is -0.336 e. The molecule has 184 valence electrons. The molecule has 10 heteroatoms. The van der Waals surface area contributed by atoms with Crippen LogP contribution < -0.4 is 5.32 Å². The average Bonchev–Trinajstić information content (AvgIpc) is 3.76. The number of pyridine rings is 1. The highest BCUT2D eigenvalue weighted by atomic mass is 32.1. The Bertz CT molecular complexity index is 1650. The number of amides is 1. The first kappa shape index (κ1) is 21.7. The second-order valence-electron chi connectivity index (χ2n) is 9.83. The van der Waals surface area contributed by atoms with Crippen molar-refractivity contribution in [1.29, 1.82) is 0 Å². The first-order valence-corrected chi connectivity index (χ1v) is 13.3. The van der Waals surface area contributed by atoms with Crippen molar-refractivity contribution in [3.05, 3.63) is 42.1 Å². The maximum atomic E-state index is 13.7. The molecule has 2 aliphatic carbocycles. The zero-order valence-electron chi connectivity index (χ0n) is 20.2. The summed E-state index contributed by atoms with van der Waals surface area (Å²) in [6.07, 6.45) is 6.67. The van der Waals surface area contributed by atoms with Gasteiger partial charge in [0.15, 0.2) is 10.9 Å². The van der Waals surface area contributed by atoms with Crippen LogP contribution in [0.2, 0.25) is 0 Å². The highest BCUT2D eigenvalue weighted by molar-refractivity contribution is 7.22. The van der Waals surface area contributed by atoms with Gasteiger partial charge in [-0.2, -0.15) is 0 Å². The number of fused-ring (bicyclic) bond motifs is 4. The molecule has 0 spiro atoms. The van der Waals surface area contributed by atoms with E-state index in [-0.39, 0.29) is 11.7 Å². The summed E-state index contributed by atoms with van der Waals surface area (Å²) >= 11 is 1.45. The van der Waals surface area contributed by atoms with Crippen LogP contribution in [0.1, 0.15) is 38.3 Å². The van der Waals surface area contributed by atoms with E-state index in [2.05, 4.69) is 37.7 Å². The van der Waals surface area contributed by atoms with Gasteiger partial charge in [-0.25, -0.2) is 19.3 Å². The molecule has 2 fully saturated rings. The Kier molecular flexibility index (Phi) is 4.82. The van der Waals surface area contributed by atoms with E-state index in [1.807, 2.05) is 11.6 Å². The van der Waals surface area contributed by atoms with Gasteiger partial charge < -0.3 is 19.4 Å². The number of aryl methyl sites for hydroxylation is 2. The van der Waals surface area contributed by atoms with Crippen LogP contribution in [0, 0.1) is 5.82 Å².